The van der Waals surface area contributed by atoms with Gasteiger partial charge in [0.1, 0.15) is 12.1 Å². The molecule has 6 nitrogen and oxygen atoms in total. The van der Waals surface area contributed by atoms with E-state index < -0.39 is 0 Å². The Kier molecular flexibility index (Phi) is 3.94. The molecule has 1 amide bonds. The lowest BCUT2D eigenvalue weighted by molar-refractivity contribution is -0.116. The molecule has 4 heterocycles. The quantitative estimate of drug-likeness (QED) is 0.686. The third kappa shape index (κ3) is 2.61. The van der Waals surface area contributed by atoms with Gasteiger partial charge in [-0.15, -0.1) is 0 Å². The van der Waals surface area contributed by atoms with Crippen molar-refractivity contribution in [1.29, 1.82) is 0 Å². The monoisotopic (exact) mass is 380 g/mol. The molecule has 0 atom stereocenters. The molecule has 2 aliphatic rings. The number of ether oxygens (including phenoxy) is 1. The summed E-state index contributed by atoms with van der Waals surface area (Å²) in [6.45, 7) is 3.61. The van der Waals surface area contributed by atoms with E-state index in [1.807, 2.05) is 9.42 Å². The zero-order valence-electron chi connectivity index (χ0n) is 15.7. The van der Waals surface area contributed by atoms with Gasteiger partial charge in [0.2, 0.25) is 5.91 Å². The molecule has 0 aliphatic carbocycles. The zero-order chi connectivity index (χ0) is 19.3. The molecule has 0 saturated carbocycles. The first-order valence-electron chi connectivity index (χ1n) is 9.54. The molecule has 1 fully saturated rings. The van der Waals surface area contributed by atoms with Gasteiger partial charge in [-0.3, -0.25) is 4.79 Å². The van der Waals surface area contributed by atoms with E-state index in [2.05, 4.69) is 16.1 Å². The molecule has 7 heteroatoms. The van der Waals surface area contributed by atoms with Crippen LogP contribution in [0.1, 0.15) is 36.6 Å². The first-order chi connectivity index (χ1) is 13.6. The van der Waals surface area contributed by atoms with Crippen LogP contribution in [0.4, 0.5) is 10.1 Å². The second-order valence-electron chi connectivity index (χ2n) is 7.70. The van der Waals surface area contributed by atoms with E-state index in [0.717, 1.165) is 41.0 Å². The summed E-state index contributed by atoms with van der Waals surface area (Å²) >= 11 is 0. The van der Waals surface area contributed by atoms with E-state index in [-0.39, 0.29) is 17.1 Å². The SMILES string of the molecule is CC(=O)N1CC2(CCOCC2)c2c1cc(Cc1ccc(F)cc1)c1ncnn21. The number of hydrogen-bond acceptors (Lipinski definition) is 4. The number of hydrogen-bond donors (Lipinski definition) is 0. The molecule has 2 aliphatic heterocycles. The number of anilines is 1. The van der Waals surface area contributed by atoms with Crippen molar-refractivity contribution in [1.82, 2.24) is 14.6 Å². The molecule has 28 heavy (non-hydrogen) atoms. The first-order valence-corrected chi connectivity index (χ1v) is 9.54. The average molecular weight is 380 g/mol. The van der Waals surface area contributed by atoms with Crippen molar-refractivity contribution < 1.29 is 13.9 Å². The summed E-state index contributed by atoms with van der Waals surface area (Å²) < 4.78 is 20.8. The Morgan fingerprint density at radius 2 is 2.00 bits per heavy atom. The van der Waals surface area contributed by atoms with Crippen LogP contribution >= 0.6 is 0 Å². The smallest absolute Gasteiger partial charge is 0.223 e. The Bertz CT molecular complexity index is 1050. The standard InChI is InChI=1S/C21H21FN4O2/c1-14(27)25-12-21(6-8-28-9-7-21)19-18(25)11-16(20-23-13-24-26(19)20)10-15-2-4-17(22)5-3-15/h2-5,11,13H,6-10,12H2,1H3. The summed E-state index contributed by atoms with van der Waals surface area (Å²) in [4.78, 5) is 18.8. The topological polar surface area (TPSA) is 59.7 Å². The number of carbonyl (C=O) groups excluding carboxylic acids is 1. The summed E-state index contributed by atoms with van der Waals surface area (Å²) in [6, 6.07) is 8.54. The van der Waals surface area contributed by atoms with Gasteiger partial charge in [-0.2, -0.15) is 5.10 Å². The Labute approximate surface area is 161 Å². The maximum atomic E-state index is 13.3. The number of benzene rings is 1. The minimum atomic E-state index is -0.255. The number of amides is 1. The van der Waals surface area contributed by atoms with Crippen LogP contribution < -0.4 is 4.90 Å². The van der Waals surface area contributed by atoms with Crippen LogP contribution in [0, 0.1) is 5.82 Å². The minimum Gasteiger partial charge on any atom is -0.381 e. The van der Waals surface area contributed by atoms with E-state index in [0.29, 0.717) is 26.2 Å². The molecule has 5 rings (SSSR count). The number of halogens is 1. The molecular weight excluding hydrogens is 359 g/mol. The van der Waals surface area contributed by atoms with E-state index in [9.17, 15) is 9.18 Å². The van der Waals surface area contributed by atoms with Crippen LogP contribution in [0.2, 0.25) is 0 Å². The fraction of sp³-hybridized carbons (Fsp3) is 0.381. The van der Waals surface area contributed by atoms with Crippen molar-refractivity contribution in [2.75, 3.05) is 24.7 Å². The molecule has 1 aromatic carbocycles. The van der Waals surface area contributed by atoms with Crippen LogP contribution in [0.5, 0.6) is 0 Å². The number of fused-ring (bicyclic) bond motifs is 4. The number of aromatic nitrogens is 3. The molecule has 0 N–H and O–H groups in total. The summed E-state index contributed by atoms with van der Waals surface area (Å²) in [5.74, 6) is -0.230. The minimum absolute atomic E-state index is 0.0248. The lowest BCUT2D eigenvalue weighted by Crippen LogP contribution is -2.40. The molecule has 2 aromatic heterocycles. The Morgan fingerprint density at radius 1 is 1.25 bits per heavy atom. The van der Waals surface area contributed by atoms with Crippen molar-refractivity contribution in [3.63, 3.8) is 0 Å². The Morgan fingerprint density at radius 3 is 2.71 bits per heavy atom. The van der Waals surface area contributed by atoms with Gasteiger partial charge in [0.05, 0.1) is 11.4 Å². The summed E-state index contributed by atoms with van der Waals surface area (Å²) in [5.41, 5.74) is 4.56. The van der Waals surface area contributed by atoms with Crippen LogP contribution in [0.15, 0.2) is 36.7 Å². The Hall–Kier alpha value is -2.80. The van der Waals surface area contributed by atoms with E-state index in [1.165, 1.54) is 12.1 Å². The van der Waals surface area contributed by atoms with Gasteiger partial charge >= 0.3 is 0 Å². The van der Waals surface area contributed by atoms with Crippen LogP contribution in [0.3, 0.4) is 0 Å². The average Bonchev–Trinajstić information content (AvgIpc) is 3.28. The van der Waals surface area contributed by atoms with Crippen LogP contribution in [0.25, 0.3) is 5.65 Å². The second kappa shape index (κ2) is 6.38. The van der Waals surface area contributed by atoms with Gasteiger partial charge in [0.25, 0.3) is 0 Å². The maximum Gasteiger partial charge on any atom is 0.223 e. The normalized spacial score (nSPS) is 18.0. The lowest BCUT2D eigenvalue weighted by Gasteiger charge is -2.33. The maximum absolute atomic E-state index is 13.3. The summed E-state index contributed by atoms with van der Waals surface area (Å²) in [6.07, 6.45) is 3.87. The molecule has 3 aromatic rings. The molecule has 0 unspecified atom stereocenters. The third-order valence-corrected chi connectivity index (χ3v) is 5.99. The second-order valence-corrected chi connectivity index (χ2v) is 7.70. The molecule has 144 valence electrons. The molecule has 0 bridgehead atoms. The van der Waals surface area contributed by atoms with Gasteiger partial charge in [0.15, 0.2) is 5.65 Å². The highest BCUT2D eigenvalue weighted by Gasteiger charge is 2.47. The van der Waals surface area contributed by atoms with Crippen molar-refractivity contribution in [2.45, 2.75) is 31.6 Å². The summed E-state index contributed by atoms with van der Waals surface area (Å²) in [5, 5.41) is 4.52. The molecule has 0 radical (unpaired) electrons. The van der Waals surface area contributed by atoms with Gasteiger partial charge in [-0.05, 0) is 36.6 Å². The lowest BCUT2D eigenvalue weighted by atomic mass is 9.78. The highest BCUT2D eigenvalue weighted by atomic mass is 19.1. The van der Waals surface area contributed by atoms with Gasteiger partial charge in [-0.1, -0.05) is 12.1 Å². The van der Waals surface area contributed by atoms with E-state index >= 15 is 0 Å². The van der Waals surface area contributed by atoms with Gasteiger partial charge in [-0.25, -0.2) is 13.9 Å². The highest BCUT2D eigenvalue weighted by molar-refractivity contribution is 5.95. The fourth-order valence-corrected chi connectivity index (χ4v) is 4.59. The molecule has 1 saturated heterocycles. The van der Waals surface area contributed by atoms with E-state index in [4.69, 9.17) is 4.74 Å². The largest absolute Gasteiger partial charge is 0.381 e. The van der Waals surface area contributed by atoms with Crippen LogP contribution in [-0.4, -0.2) is 40.3 Å². The van der Waals surface area contributed by atoms with Crippen molar-refractivity contribution in [2.24, 2.45) is 0 Å². The predicted molar refractivity (Wildman–Crippen MR) is 102 cm³/mol. The van der Waals surface area contributed by atoms with Crippen molar-refractivity contribution >= 4 is 17.2 Å². The molecular formula is C21H21FN4O2. The number of rotatable bonds is 2. The number of carbonyl (C=O) groups is 1. The number of pyridine rings is 1. The fourth-order valence-electron chi connectivity index (χ4n) is 4.59. The zero-order valence-corrected chi connectivity index (χ0v) is 15.7. The highest BCUT2D eigenvalue weighted by Crippen LogP contribution is 2.47. The first kappa shape index (κ1) is 17.3. The Balaban J connectivity index is 1.68. The predicted octanol–water partition coefficient (Wildman–Crippen LogP) is 2.87. The third-order valence-electron chi connectivity index (χ3n) is 5.99. The van der Waals surface area contributed by atoms with Crippen molar-refractivity contribution in [3.05, 3.63) is 59.3 Å². The van der Waals surface area contributed by atoms with Gasteiger partial charge < -0.3 is 9.64 Å². The van der Waals surface area contributed by atoms with E-state index in [1.54, 1.807) is 25.4 Å². The van der Waals surface area contributed by atoms with Crippen LogP contribution in [-0.2, 0) is 21.4 Å². The molecule has 1 spiro atoms. The summed E-state index contributed by atoms with van der Waals surface area (Å²) in [7, 11) is 0. The van der Waals surface area contributed by atoms with Gasteiger partial charge in [0, 0.05) is 44.1 Å². The van der Waals surface area contributed by atoms with Crippen molar-refractivity contribution in [3.8, 4) is 0 Å². The number of nitrogens with zero attached hydrogens (tertiary/aromatic N) is 4.